The van der Waals surface area contributed by atoms with Crippen molar-refractivity contribution >= 4 is 0 Å². The maximum Gasteiger partial charge on any atom is 0.108 e. The van der Waals surface area contributed by atoms with Crippen molar-refractivity contribution in [3.8, 4) is 0 Å². The van der Waals surface area contributed by atoms with E-state index in [1.54, 1.807) is 7.11 Å². The molecule has 2 heterocycles. The fourth-order valence-electron chi connectivity index (χ4n) is 2.27. The number of hydrogen-bond acceptors (Lipinski definition) is 2. The first kappa shape index (κ1) is 10.7. The Morgan fingerprint density at radius 2 is 2.47 bits per heavy atom. The molecule has 1 aromatic heterocycles. The Hall–Kier alpha value is -0.830. The average Bonchev–Trinajstić information content (AvgIpc) is 2.61. The van der Waals surface area contributed by atoms with Crippen LogP contribution in [0.2, 0.25) is 0 Å². The summed E-state index contributed by atoms with van der Waals surface area (Å²) < 4.78 is 7.46. The van der Waals surface area contributed by atoms with E-state index in [4.69, 9.17) is 4.74 Å². The van der Waals surface area contributed by atoms with E-state index in [-0.39, 0.29) is 0 Å². The normalized spacial score (nSPS) is 20.3. The van der Waals surface area contributed by atoms with E-state index < -0.39 is 0 Å². The molecule has 1 unspecified atom stereocenters. The molecule has 0 radical (unpaired) electrons. The average molecular weight is 208 g/mol. The maximum absolute atomic E-state index is 5.06. The molecule has 1 aliphatic heterocycles. The van der Waals surface area contributed by atoms with Gasteiger partial charge in [-0.15, -0.1) is 0 Å². The van der Waals surface area contributed by atoms with Crippen molar-refractivity contribution in [2.75, 3.05) is 13.7 Å². The van der Waals surface area contributed by atoms with Crippen LogP contribution < -0.4 is 0 Å². The number of aromatic nitrogens is 2. The molecule has 1 aliphatic rings. The second-order valence-electron chi connectivity index (χ2n) is 4.51. The van der Waals surface area contributed by atoms with Gasteiger partial charge in [0.05, 0.1) is 0 Å². The minimum Gasteiger partial charge on any atom is -0.385 e. The van der Waals surface area contributed by atoms with Crippen molar-refractivity contribution in [3.63, 3.8) is 0 Å². The molecule has 2 rings (SSSR count). The number of fused-ring (bicyclic) bond motifs is 1. The van der Waals surface area contributed by atoms with Gasteiger partial charge in [0, 0.05) is 38.6 Å². The van der Waals surface area contributed by atoms with Crippen LogP contribution in [0.1, 0.15) is 31.3 Å². The van der Waals surface area contributed by atoms with E-state index in [0.29, 0.717) is 0 Å². The fraction of sp³-hybridized carbons (Fsp3) is 0.750. The predicted octanol–water partition coefficient (Wildman–Crippen LogP) is 2.04. The second-order valence-corrected chi connectivity index (χ2v) is 4.51. The monoisotopic (exact) mass is 208 g/mol. The Bertz CT molecular complexity index is 319. The Morgan fingerprint density at radius 1 is 1.60 bits per heavy atom. The zero-order valence-electron chi connectivity index (χ0n) is 9.70. The third-order valence-corrected chi connectivity index (χ3v) is 3.17. The minimum absolute atomic E-state index is 0.820. The van der Waals surface area contributed by atoms with Crippen LogP contribution in [0.25, 0.3) is 0 Å². The van der Waals surface area contributed by atoms with Gasteiger partial charge in [0.1, 0.15) is 5.82 Å². The van der Waals surface area contributed by atoms with Crippen molar-refractivity contribution in [3.05, 3.63) is 17.7 Å². The van der Waals surface area contributed by atoms with Gasteiger partial charge in [-0.25, -0.2) is 4.98 Å². The number of hydrogen-bond donors (Lipinski definition) is 0. The zero-order valence-corrected chi connectivity index (χ0v) is 9.70. The third kappa shape index (κ3) is 2.40. The molecular weight excluding hydrogens is 188 g/mol. The molecule has 1 aromatic rings. The van der Waals surface area contributed by atoms with E-state index in [1.807, 2.05) is 0 Å². The smallest absolute Gasteiger partial charge is 0.108 e. The highest BCUT2D eigenvalue weighted by atomic mass is 16.5. The summed E-state index contributed by atoms with van der Waals surface area (Å²) in [6, 6.07) is 0. The van der Waals surface area contributed by atoms with Crippen LogP contribution in [0, 0.1) is 5.92 Å². The van der Waals surface area contributed by atoms with Gasteiger partial charge in [-0.3, -0.25) is 0 Å². The number of rotatable bonds is 4. The summed E-state index contributed by atoms with van der Waals surface area (Å²) in [6.45, 7) is 4.30. The summed E-state index contributed by atoms with van der Waals surface area (Å²) in [7, 11) is 1.75. The lowest BCUT2D eigenvalue weighted by molar-refractivity contribution is 0.194. The van der Waals surface area contributed by atoms with Crippen LogP contribution in [0.4, 0.5) is 0 Å². The Balaban J connectivity index is 2.01. The summed E-state index contributed by atoms with van der Waals surface area (Å²) in [6.07, 6.45) is 6.65. The van der Waals surface area contributed by atoms with Gasteiger partial charge in [-0.1, -0.05) is 6.92 Å². The molecule has 84 valence electrons. The summed E-state index contributed by atoms with van der Waals surface area (Å²) in [4.78, 5) is 4.51. The SMILES string of the molecule is COCCCc1ncc2n1CCC(C)C2. The predicted molar refractivity (Wildman–Crippen MR) is 59.9 cm³/mol. The van der Waals surface area contributed by atoms with E-state index in [2.05, 4.69) is 22.7 Å². The molecule has 0 amide bonds. The maximum atomic E-state index is 5.06. The van der Waals surface area contributed by atoms with Gasteiger partial charge in [-0.2, -0.15) is 0 Å². The van der Waals surface area contributed by atoms with Gasteiger partial charge in [0.2, 0.25) is 0 Å². The molecule has 0 bridgehead atoms. The lowest BCUT2D eigenvalue weighted by atomic mass is 9.98. The van der Waals surface area contributed by atoms with E-state index in [9.17, 15) is 0 Å². The molecule has 0 aliphatic carbocycles. The van der Waals surface area contributed by atoms with Gasteiger partial charge >= 0.3 is 0 Å². The Kier molecular flexibility index (Phi) is 3.41. The first-order valence-electron chi connectivity index (χ1n) is 5.83. The molecule has 3 heteroatoms. The van der Waals surface area contributed by atoms with Crippen molar-refractivity contribution in [1.29, 1.82) is 0 Å². The summed E-state index contributed by atoms with van der Waals surface area (Å²) in [5.74, 6) is 2.06. The number of nitrogens with zero attached hydrogens (tertiary/aromatic N) is 2. The van der Waals surface area contributed by atoms with Crippen molar-refractivity contribution in [2.45, 2.75) is 39.2 Å². The highest BCUT2D eigenvalue weighted by molar-refractivity contribution is 5.09. The highest BCUT2D eigenvalue weighted by Crippen LogP contribution is 2.21. The molecule has 0 fully saturated rings. The van der Waals surface area contributed by atoms with Crippen LogP contribution in [-0.4, -0.2) is 23.3 Å². The minimum atomic E-state index is 0.820. The summed E-state index contributed by atoms with van der Waals surface area (Å²) >= 11 is 0. The summed E-state index contributed by atoms with van der Waals surface area (Å²) in [5.41, 5.74) is 1.42. The van der Waals surface area contributed by atoms with E-state index in [1.165, 1.54) is 24.4 Å². The summed E-state index contributed by atoms with van der Waals surface area (Å²) in [5, 5.41) is 0. The topological polar surface area (TPSA) is 27.1 Å². The van der Waals surface area contributed by atoms with Gasteiger partial charge in [0.25, 0.3) is 0 Å². The second kappa shape index (κ2) is 4.79. The molecule has 1 atom stereocenters. The zero-order chi connectivity index (χ0) is 10.7. The molecule has 0 aromatic carbocycles. The quantitative estimate of drug-likeness (QED) is 0.708. The number of imidazole rings is 1. The molecule has 0 N–H and O–H groups in total. The van der Waals surface area contributed by atoms with Crippen molar-refractivity contribution < 1.29 is 4.74 Å². The standard InChI is InChI=1S/C12H20N2O/c1-10-5-6-14-11(8-10)9-13-12(14)4-3-7-15-2/h9-10H,3-8H2,1-2H3. The third-order valence-electron chi connectivity index (χ3n) is 3.17. The first-order chi connectivity index (χ1) is 7.31. The highest BCUT2D eigenvalue weighted by Gasteiger charge is 2.17. The van der Waals surface area contributed by atoms with Crippen LogP contribution in [-0.2, 0) is 24.1 Å². The van der Waals surface area contributed by atoms with Crippen molar-refractivity contribution in [2.24, 2.45) is 5.92 Å². The van der Waals surface area contributed by atoms with E-state index in [0.717, 1.165) is 31.9 Å². The molecule has 0 saturated carbocycles. The lowest BCUT2D eigenvalue weighted by Crippen LogP contribution is -2.18. The van der Waals surface area contributed by atoms with Crippen LogP contribution in [0.5, 0.6) is 0 Å². The first-order valence-corrected chi connectivity index (χ1v) is 5.83. The molecule has 3 nitrogen and oxygen atoms in total. The fourth-order valence-corrected chi connectivity index (χ4v) is 2.27. The molecular formula is C12H20N2O. The Morgan fingerprint density at radius 3 is 3.27 bits per heavy atom. The number of aryl methyl sites for hydroxylation is 1. The van der Waals surface area contributed by atoms with Crippen LogP contribution >= 0.6 is 0 Å². The van der Waals surface area contributed by atoms with Gasteiger partial charge in [0.15, 0.2) is 0 Å². The number of methoxy groups -OCH3 is 1. The van der Waals surface area contributed by atoms with Crippen LogP contribution in [0.3, 0.4) is 0 Å². The van der Waals surface area contributed by atoms with E-state index >= 15 is 0 Å². The lowest BCUT2D eigenvalue weighted by Gasteiger charge is -2.21. The largest absolute Gasteiger partial charge is 0.385 e. The van der Waals surface area contributed by atoms with Gasteiger partial charge in [-0.05, 0) is 25.2 Å². The number of ether oxygens (including phenoxy) is 1. The molecule has 0 spiro atoms. The van der Waals surface area contributed by atoms with Crippen LogP contribution in [0.15, 0.2) is 6.20 Å². The Labute approximate surface area is 91.5 Å². The molecule has 15 heavy (non-hydrogen) atoms. The molecule has 0 saturated heterocycles. The van der Waals surface area contributed by atoms with Gasteiger partial charge < -0.3 is 9.30 Å². The van der Waals surface area contributed by atoms with Crippen molar-refractivity contribution in [1.82, 2.24) is 9.55 Å².